The number of fused-ring (bicyclic) bond motifs is 2. The highest BCUT2D eigenvalue weighted by atomic mass is 16.6. The second-order valence-electron chi connectivity index (χ2n) is 12.1. The van der Waals surface area contributed by atoms with Gasteiger partial charge in [0.15, 0.2) is 5.82 Å². The lowest BCUT2D eigenvalue weighted by Gasteiger charge is -2.26. The molecular formula is C30H37N9O3. The first-order valence-electron chi connectivity index (χ1n) is 14.2. The molecule has 3 aromatic rings. The second-order valence-corrected chi connectivity index (χ2v) is 12.1. The van der Waals surface area contributed by atoms with Crippen LogP contribution in [0.15, 0.2) is 24.3 Å². The van der Waals surface area contributed by atoms with Gasteiger partial charge in [-0.05, 0) is 59.2 Å². The first kappa shape index (κ1) is 29.0. The molecule has 220 valence electrons. The molecule has 12 nitrogen and oxygen atoms in total. The lowest BCUT2D eigenvalue weighted by atomic mass is 10.1. The molecular weight excluding hydrogens is 534 g/mol. The van der Waals surface area contributed by atoms with Crippen LogP contribution in [0.5, 0.6) is 0 Å². The molecule has 0 N–H and O–H groups in total. The van der Waals surface area contributed by atoms with Crippen LogP contribution >= 0.6 is 0 Å². The van der Waals surface area contributed by atoms with E-state index in [4.69, 9.17) is 14.7 Å². The van der Waals surface area contributed by atoms with Gasteiger partial charge in [-0.25, -0.2) is 14.8 Å². The van der Waals surface area contributed by atoms with Crippen LogP contribution in [0.2, 0.25) is 0 Å². The van der Waals surface area contributed by atoms with Gasteiger partial charge in [0.25, 0.3) is 5.91 Å². The molecule has 42 heavy (non-hydrogen) atoms. The quantitative estimate of drug-likeness (QED) is 0.402. The summed E-state index contributed by atoms with van der Waals surface area (Å²) >= 11 is 0. The van der Waals surface area contributed by atoms with Crippen molar-refractivity contribution in [2.75, 3.05) is 23.9 Å². The predicted octanol–water partition coefficient (Wildman–Crippen LogP) is 4.51. The molecule has 2 aliphatic rings. The number of carbonyl (C=O) groups excluding carboxylic acids is 2. The highest BCUT2D eigenvalue weighted by Gasteiger charge is 2.35. The summed E-state index contributed by atoms with van der Waals surface area (Å²) in [6.45, 7) is 10.0. The van der Waals surface area contributed by atoms with Crippen LogP contribution in [0.1, 0.15) is 80.9 Å². The fraction of sp³-hybridized carbons (Fsp3) is 0.500. The van der Waals surface area contributed by atoms with Crippen molar-refractivity contribution in [1.82, 2.24) is 29.6 Å². The molecule has 3 aromatic heterocycles. The summed E-state index contributed by atoms with van der Waals surface area (Å²) in [5.41, 5.74) is 1.86. The number of nitriles is 1. The van der Waals surface area contributed by atoms with E-state index in [1.165, 1.54) is 4.90 Å². The maximum absolute atomic E-state index is 13.9. The molecule has 2 aliphatic heterocycles. The number of hydrogen-bond acceptors (Lipinski definition) is 9. The Morgan fingerprint density at radius 2 is 1.98 bits per heavy atom. The van der Waals surface area contributed by atoms with Crippen LogP contribution in [0, 0.1) is 11.3 Å². The molecule has 0 aromatic carbocycles. The van der Waals surface area contributed by atoms with Gasteiger partial charge in [-0.15, -0.1) is 10.2 Å². The molecule has 5 rings (SSSR count). The molecule has 2 amide bonds. The van der Waals surface area contributed by atoms with E-state index >= 15 is 0 Å². The lowest BCUT2D eigenvalue weighted by Crippen LogP contribution is -2.34. The van der Waals surface area contributed by atoms with Gasteiger partial charge in [0.1, 0.15) is 28.8 Å². The number of amides is 2. The van der Waals surface area contributed by atoms with E-state index in [-0.39, 0.29) is 31.1 Å². The van der Waals surface area contributed by atoms with Gasteiger partial charge < -0.3 is 19.1 Å². The van der Waals surface area contributed by atoms with Crippen molar-refractivity contribution in [1.29, 1.82) is 5.26 Å². The molecule has 0 aliphatic carbocycles. The Kier molecular flexibility index (Phi) is 7.62. The van der Waals surface area contributed by atoms with Crippen molar-refractivity contribution in [3.05, 3.63) is 46.9 Å². The van der Waals surface area contributed by atoms with E-state index in [1.807, 2.05) is 69.3 Å². The molecule has 1 atom stereocenters. The van der Waals surface area contributed by atoms with Crippen LogP contribution in [-0.4, -0.2) is 67.4 Å². The highest BCUT2D eigenvalue weighted by molar-refractivity contribution is 6.10. The maximum atomic E-state index is 13.9. The molecule has 0 saturated heterocycles. The van der Waals surface area contributed by atoms with Gasteiger partial charge in [-0.1, -0.05) is 6.07 Å². The number of aromatic nitrogens is 5. The number of carbonyl (C=O) groups is 2. The number of hydrogen-bond donors (Lipinski definition) is 0. The SMILES string of the molecule is CC(C)N(C)c1cc2c(c(CN(C)C(=O)OC(C)(C)C)n1)CN(c1cccc(-c3nnc4n3[C@@H](CC#N)CC4)n1)C2=O. The lowest BCUT2D eigenvalue weighted by molar-refractivity contribution is 0.0282. The van der Waals surface area contributed by atoms with Gasteiger partial charge in [0.05, 0.1) is 42.9 Å². The minimum Gasteiger partial charge on any atom is -0.444 e. The number of aryl methyl sites for hydroxylation is 1. The van der Waals surface area contributed by atoms with Crippen molar-refractivity contribution in [2.24, 2.45) is 0 Å². The van der Waals surface area contributed by atoms with E-state index in [0.717, 1.165) is 24.2 Å². The van der Waals surface area contributed by atoms with Crippen LogP contribution < -0.4 is 9.80 Å². The third-order valence-corrected chi connectivity index (χ3v) is 7.62. The fourth-order valence-electron chi connectivity index (χ4n) is 5.22. The van der Waals surface area contributed by atoms with E-state index in [0.29, 0.717) is 40.8 Å². The topological polar surface area (TPSA) is 133 Å². The molecule has 0 radical (unpaired) electrons. The molecule has 5 heterocycles. The molecule has 0 bridgehead atoms. The standard InChI is InChI=1S/C30H37N9O3/c1-18(2)37(7)26-15-20-21(23(33-26)17-36(6)29(41)42-30(3,4)5)16-38(28(20)40)24-10-8-9-22(32-24)27-35-34-25-12-11-19(13-14-31)39(25)27/h8-10,15,18-19H,11-13,16-17H2,1-7H3/t19-/m1/s1. The minimum absolute atomic E-state index is 0.00472. The molecule has 0 fully saturated rings. The van der Waals surface area contributed by atoms with Crippen molar-refractivity contribution >= 4 is 23.6 Å². The zero-order valence-corrected chi connectivity index (χ0v) is 25.2. The van der Waals surface area contributed by atoms with Crippen LogP contribution in [0.25, 0.3) is 11.5 Å². The third-order valence-electron chi connectivity index (χ3n) is 7.62. The summed E-state index contributed by atoms with van der Waals surface area (Å²) in [5.74, 6) is 2.37. The Morgan fingerprint density at radius 3 is 2.67 bits per heavy atom. The summed E-state index contributed by atoms with van der Waals surface area (Å²) in [6.07, 6.45) is 1.51. The number of ether oxygens (including phenoxy) is 1. The van der Waals surface area contributed by atoms with E-state index in [2.05, 4.69) is 16.3 Å². The normalized spacial score (nSPS) is 15.9. The van der Waals surface area contributed by atoms with Crippen LogP contribution in [0.4, 0.5) is 16.4 Å². The third kappa shape index (κ3) is 5.51. The average molecular weight is 572 g/mol. The predicted molar refractivity (Wildman–Crippen MR) is 157 cm³/mol. The summed E-state index contributed by atoms with van der Waals surface area (Å²) in [7, 11) is 3.59. The molecule has 0 saturated carbocycles. The van der Waals surface area contributed by atoms with E-state index in [9.17, 15) is 14.9 Å². The van der Waals surface area contributed by atoms with Gasteiger partial charge in [0.2, 0.25) is 0 Å². The van der Waals surface area contributed by atoms with Crippen molar-refractivity contribution in [3.63, 3.8) is 0 Å². The summed E-state index contributed by atoms with van der Waals surface area (Å²) in [5, 5.41) is 18.0. The summed E-state index contributed by atoms with van der Waals surface area (Å²) in [6, 6.07) is 9.70. The zero-order valence-electron chi connectivity index (χ0n) is 25.2. The maximum Gasteiger partial charge on any atom is 0.410 e. The van der Waals surface area contributed by atoms with E-state index in [1.54, 1.807) is 18.0 Å². The van der Waals surface area contributed by atoms with Crippen molar-refractivity contribution in [2.45, 2.75) is 84.7 Å². The van der Waals surface area contributed by atoms with Crippen molar-refractivity contribution in [3.8, 4) is 17.6 Å². The monoisotopic (exact) mass is 571 g/mol. The zero-order chi connectivity index (χ0) is 30.3. The first-order chi connectivity index (χ1) is 19.9. The smallest absolute Gasteiger partial charge is 0.410 e. The van der Waals surface area contributed by atoms with Crippen LogP contribution in [0.3, 0.4) is 0 Å². The molecule has 12 heteroatoms. The number of rotatable bonds is 7. The Balaban J connectivity index is 1.49. The summed E-state index contributed by atoms with van der Waals surface area (Å²) in [4.78, 5) is 41.5. The number of nitrogens with zero attached hydrogens (tertiary/aromatic N) is 9. The largest absolute Gasteiger partial charge is 0.444 e. The minimum atomic E-state index is -0.636. The molecule has 0 unspecified atom stereocenters. The van der Waals surface area contributed by atoms with Gasteiger partial charge >= 0.3 is 6.09 Å². The number of anilines is 2. The Morgan fingerprint density at radius 1 is 1.21 bits per heavy atom. The van der Waals surface area contributed by atoms with E-state index < -0.39 is 11.7 Å². The summed E-state index contributed by atoms with van der Waals surface area (Å²) < 4.78 is 7.55. The Labute approximate surface area is 245 Å². The Hall–Kier alpha value is -4.53. The van der Waals surface area contributed by atoms with Gasteiger partial charge in [0, 0.05) is 32.1 Å². The van der Waals surface area contributed by atoms with Gasteiger partial charge in [-0.3, -0.25) is 9.69 Å². The second kappa shape index (κ2) is 11.0. The highest BCUT2D eigenvalue weighted by Crippen LogP contribution is 2.35. The Bertz CT molecular complexity index is 1570. The average Bonchev–Trinajstić information content (AvgIpc) is 3.62. The fourth-order valence-corrected chi connectivity index (χ4v) is 5.22. The van der Waals surface area contributed by atoms with Crippen molar-refractivity contribution < 1.29 is 14.3 Å². The first-order valence-corrected chi connectivity index (χ1v) is 14.2. The van der Waals surface area contributed by atoms with Crippen LogP contribution in [-0.2, 0) is 24.2 Å². The molecule has 0 spiro atoms. The van der Waals surface area contributed by atoms with Gasteiger partial charge in [-0.2, -0.15) is 5.26 Å². The number of pyridine rings is 2.